The van der Waals surface area contributed by atoms with E-state index in [0.29, 0.717) is 24.4 Å². The predicted molar refractivity (Wildman–Crippen MR) is 129 cm³/mol. The van der Waals surface area contributed by atoms with Crippen LogP contribution in [0.3, 0.4) is 0 Å². The van der Waals surface area contributed by atoms with Crippen LogP contribution in [-0.4, -0.2) is 54.3 Å². The first-order chi connectivity index (χ1) is 17.0. The molecule has 2 aliphatic rings. The molecular formula is C28H27FN2O4. The lowest BCUT2D eigenvalue weighted by atomic mass is 9.85. The van der Waals surface area contributed by atoms with Gasteiger partial charge in [0.25, 0.3) is 5.91 Å². The highest BCUT2D eigenvalue weighted by atomic mass is 19.1. The minimum absolute atomic E-state index is 0.00555. The number of likely N-dealkylation sites (tertiary alicyclic amines) is 1. The van der Waals surface area contributed by atoms with Gasteiger partial charge in [0.1, 0.15) is 18.4 Å². The number of halogens is 1. The molecule has 2 aliphatic heterocycles. The summed E-state index contributed by atoms with van der Waals surface area (Å²) >= 11 is 0. The lowest BCUT2D eigenvalue weighted by Crippen LogP contribution is -2.51. The molecule has 0 N–H and O–H groups in total. The SMILES string of the molecule is COc1ccc([C@H]2CN(Cc3ccccc3)C[C@]2(F)C(=O)N2C(=O)OC[C@H]2c2ccccc2)cc1. The summed E-state index contributed by atoms with van der Waals surface area (Å²) in [7, 11) is 1.57. The molecule has 2 fully saturated rings. The molecule has 2 heterocycles. The molecule has 3 atom stereocenters. The highest BCUT2D eigenvalue weighted by Crippen LogP contribution is 2.43. The second kappa shape index (κ2) is 9.50. The summed E-state index contributed by atoms with van der Waals surface area (Å²) in [6.07, 6.45) is -0.809. The van der Waals surface area contributed by atoms with E-state index >= 15 is 4.39 Å². The molecule has 2 saturated heterocycles. The minimum atomic E-state index is -2.31. The fourth-order valence-corrected chi connectivity index (χ4v) is 5.05. The van der Waals surface area contributed by atoms with E-state index in [1.54, 1.807) is 31.4 Å². The number of hydrogen-bond acceptors (Lipinski definition) is 5. The molecule has 0 spiro atoms. The molecule has 2 amide bonds. The first kappa shape index (κ1) is 23.1. The number of alkyl halides is 1. The quantitative estimate of drug-likeness (QED) is 0.517. The largest absolute Gasteiger partial charge is 0.497 e. The Morgan fingerprint density at radius 2 is 1.66 bits per heavy atom. The number of amides is 2. The molecule has 0 bridgehead atoms. The second-order valence-electron chi connectivity index (χ2n) is 9.02. The van der Waals surface area contributed by atoms with Gasteiger partial charge in [-0.3, -0.25) is 9.69 Å². The van der Waals surface area contributed by atoms with E-state index in [0.717, 1.165) is 16.0 Å². The molecule has 35 heavy (non-hydrogen) atoms. The number of benzene rings is 3. The van der Waals surface area contributed by atoms with E-state index < -0.39 is 29.6 Å². The maximum Gasteiger partial charge on any atom is 0.417 e. The molecule has 5 rings (SSSR count). The molecule has 0 unspecified atom stereocenters. The Morgan fingerprint density at radius 1 is 1.00 bits per heavy atom. The maximum absolute atomic E-state index is 17.0. The molecule has 7 heteroatoms. The Balaban J connectivity index is 1.49. The van der Waals surface area contributed by atoms with Crippen LogP contribution < -0.4 is 4.74 Å². The number of rotatable bonds is 6. The van der Waals surface area contributed by atoms with E-state index in [1.807, 2.05) is 65.6 Å². The summed E-state index contributed by atoms with van der Waals surface area (Å²) in [4.78, 5) is 29.5. The zero-order valence-electron chi connectivity index (χ0n) is 19.5. The third-order valence-electron chi connectivity index (χ3n) is 6.85. The first-order valence-electron chi connectivity index (χ1n) is 11.6. The number of hydrogen-bond donors (Lipinski definition) is 0. The first-order valence-corrected chi connectivity index (χ1v) is 11.6. The highest BCUT2D eigenvalue weighted by molar-refractivity contribution is 5.99. The van der Waals surface area contributed by atoms with Crippen molar-refractivity contribution in [3.8, 4) is 5.75 Å². The van der Waals surface area contributed by atoms with E-state index in [1.165, 1.54) is 0 Å². The summed E-state index contributed by atoms with van der Waals surface area (Å²) in [5.41, 5.74) is 0.136. The summed E-state index contributed by atoms with van der Waals surface area (Å²) in [6.45, 7) is 0.718. The van der Waals surface area contributed by atoms with Crippen LogP contribution in [0, 0.1) is 0 Å². The van der Waals surface area contributed by atoms with Crippen molar-refractivity contribution in [1.29, 1.82) is 0 Å². The van der Waals surface area contributed by atoms with Gasteiger partial charge in [0.2, 0.25) is 5.67 Å². The summed E-state index contributed by atoms with van der Waals surface area (Å²) < 4.78 is 27.5. The number of imide groups is 1. The van der Waals surface area contributed by atoms with Gasteiger partial charge in [0.05, 0.1) is 7.11 Å². The lowest BCUT2D eigenvalue weighted by Gasteiger charge is -2.31. The van der Waals surface area contributed by atoms with E-state index in [9.17, 15) is 9.59 Å². The minimum Gasteiger partial charge on any atom is -0.497 e. The fourth-order valence-electron chi connectivity index (χ4n) is 5.05. The predicted octanol–water partition coefficient (Wildman–Crippen LogP) is 4.72. The molecule has 3 aromatic rings. The molecule has 3 aromatic carbocycles. The molecular weight excluding hydrogens is 447 g/mol. The number of ether oxygens (including phenoxy) is 2. The summed E-state index contributed by atoms with van der Waals surface area (Å²) in [5.74, 6) is -0.962. The van der Waals surface area contributed by atoms with Crippen LogP contribution in [0.1, 0.15) is 28.7 Å². The number of cyclic esters (lactones) is 1. The van der Waals surface area contributed by atoms with Crippen molar-refractivity contribution in [3.63, 3.8) is 0 Å². The maximum atomic E-state index is 17.0. The monoisotopic (exact) mass is 474 g/mol. The van der Waals surface area contributed by atoms with Gasteiger partial charge in [-0.1, -0.05) is 72.8 Å². The smallest absolute Gasteiger partial charge is 0.417 e. The van der Waals surface area contributed by atoms with Crippen molar-refractivity contribution in [2.75, 3.05) is 26.8 Å². The zero-order chi connectivity index (χ0) is 24.4. The molecule has 180 valence electrons. The van der Waals surface area contributed by atoms with Crippen LogP contribution >= 0.6 is 0 Å². The highest BCUT2D eigenvalue weighted by Gasteiger charge is 2.58. The summed E-state index contributed by atoms with van der Waals surface area (Å²) in [5, 5.41) is 0. The summed E-state index contributed by atoms with van der Waals surface area (Å²) in [6, 6.07) is 25.3. The Hall–Kier alpha value is -3.71. The Kier molecular flexibility index (Phi) is 6.26. The number of methoxy groups -OCH3 is 1. The Bertz CT molecular complexity index is 1190. The van der Waals surface area contributed by atoms with Gasteiger partial charge >= 0.3 is 6.09 Å². The third-order valence-corrected chi connectivity index (χ3v) is 6.85. The van der Waals surface area contributed by atoms with Crippen LogP contribution in [0.4, 0.5) is 9.18 Å². The van der Waals surface area contributed by atoms with Gasteiger partial charge in [-0.05, 0) is 28.8 Å². The average molecular weight is 475 g/mol. The van der Waals surface area contributed by atoms with E-state index in [2.05, 4.69) is 0 Å². The molecule has 6 nitrogen and oxygen atoms in total. The fraction of sp³-hybridized carbons (Fsp3) is 0.286. The van der Waals surface area contributed by atoms with Crippen LogP contribution in [0.15, 0.2) is 84.9 Å². The van der Waals surface area contributed by atoms with E-state index in [4.69, 9.17) is 9.47 Å². The van der Waals surface area contributed by atoms with Gasteiger partial charge in [0, 0.05) is 25.6 Å². The zero-order valence-corrected chi connectivity index (χ0v) is 19.5. The van der Waals surface area contributed by atoms with Gasteiger partial charge in [0.15, 0.2) is 0 Å². The van der Waals surface area contributed by atoms with Crippen molar-refractivity contribution in [2.24, 2.45) is 0 Å². The van der Waals surface area contributed by atoms with Crippen LogP contribution in [-0.2, 0) is 16.1 Å². The third kappa shape index (κ3) is 4.39. The molecule has 0 aliphatic carbocycles. The van der Waals surface area contributed by atoms with Crippen molar-refractivity contribution >= 4 is 12.0 Å². The van der Waals surface area contributed by atoms with Gasteiger partial charge in [-0.15, -0.1) is 0 Å². The topological polar surface area (TPSA) is 59.1 Å². The normalized spacial score (nSPS) is 24.4. The number of carbonyl (C=O) groups is 2. The number of nitrogens with zero attached hydrogens (tertiary/aromatic N) is 2. The second-order valence-corrected chi connectivity index (χ2v) is 9.02. The van der Waals surface area contributed by atoms with Gasteiger partial charge in [-0.2, -0.15) is 0 Å². The van der Waals surface area contributed by atoms with Crippen molar-refractivity contribution in [3.05, 3.63) is 102 Å². The average Bonchev–Trinajstić information content (AvgIpc) is 3.45. The van der Waals surface area contributed by atoms with Crippen LogP contribution in [0.5, 0.6) is 5.75 Å². The van der Waals surface area contributed by atoms with Crippen molar-refractivity contribution in [2.45, 2.75) is 24.2 Å². The Labute approximate surface area is 203 Å². The van der Waals surface area contributed by atoms with Gasteiger partial charge in [-0.25, -0.2) is 14.1 Å². The lowest BCUT2D eigenvalue weighted by molar-refractivity contribution is -0.142. The number of carbonyl (C=O) groups excluding carboxylic acids is 2. The molecule has 0 aromatic heterocycles. The standard InChI is InChI=1S/C28H27FN2O4/c1-34-23-14-12-21(13-15-23)24-17-30(16-20-8-4-2-5-9-20)19-28(24,29)26(32)31-25(18-35-27(31)33)22-10-6-3-7-11-22/h2-15,24-25H,16-19H2,1H3/t24-,25+,28-/m1/s1. The molecule has 0 radical (unpaired) electrons. The van der Waals surface area contributed by atoms with Crippen LogP contribution in [0.2, 0.25) is 0 Å². The van der Waals surface area contributed by atoms with E-state index in [-0.39, 0.29) is 13.2 Å². The van der Waals surface area contributed by atoms with Crippen molar-refractivity contribution in [1.82, 2.24) is 9.80 Å². The van der Waals surface area contributed by atoms with Crippen molar-refractivity contribution < 1.29 is 23.5 Å². The molecule has 0 saturated carbocycles. The van der Waals surface area contributed by atoms with Gasteiger partial charge < -0.3 is 9.47 Å². The Morgan fingerprint density at radius 3 is 2.31 bits per heavy atom. The van der Waals surface area contributed by atoms with Crippen LogP contribution in [0.25, 0.3) is 0 Å².